The zero-order valence-electron chi connectivity index (χ0n) is 10.3. The fraction of sp³-hybridized carbons (Fsp3) is 0.667. The summed E-state index contributed by atoms with van der Waals surface area (Å²) in [6, 6.07) is 1.87. The summed E-state index contributed by atoms with van der Waals surface area (Å²) in [7, 11) is 1.87. The van der Waals surface area contributed by atoms with Crippen LogP contribution in [0.4, 0.5) is 0 Å². The molecule has 0 unspecified atom stereocenters. The Bertz CT molecular complexity index is 422. The Hall–Kier alpha value is -1.36. The van der Waals surface area contributed by atoms with E-state index < -0.39 is 0 Å². The smallest absolute Gasteiger partial charge is 0.274 e. The number of amides is 1. The van der Waals surface area contributed by atoms with E-state index in [0.717, 1.165) is 31.9 Å². The second-order valence-corrected chi connectivity index (χ2v) is 5.18. The first-order valence-corrected chi connectivity index (χ1v) is 6.16. The van der Waals surface area contributed by atoms with E-state index in [4.69, 9.17) is 0 Å². The lowest BCUT2D eigenvalue weighted by Crippen LogP contribution is -2.32. The van der Waals surface area contributed by atoms with Crippen molar-refractivity contribution in [3.05, 3.63) is 17.5 Å². The van der Waals surface area contributed by atoms with E-state index in [1.807, 2.05) is 24.9 Å². The van der Waals surface area contributed by atoms with Crippen LogP contribution in [0.25, 0.3) is 0 Å². The normalized spacial score (nSPS) is 27.5. The van der Waals surface area contributed by atoms with E-state index in [-0.39, 0.29) is 5.91 Å². The molecule has 2 fully saturated rings. The molecule has 2 aliphatic rings. The molecule has 2 atom stereocenters. The number of carbonyl (C=O) groups excluding carboxylic acids is 1. The van der Waals surface area contributed by atoms with Crippen LogP contribution in [0, 0.1) is 18.8 Å². The van der Waals surface area contributed by atoms with Gasteiger partial charge in [-0.15, -0.1) is 0 Å². The highest BCUT2D eigenvalue weighted by Gasteiger charge is 2.38. The Morgan fingerprint density at radius 1 is 1.41 bits per heavy atom. The van der Waals surface area contributed by atoms with Gasteiger partial charge in [-0.25, -0.2) is 0 Å². The molecule has 5 nitrogen and oxygen atoms in total. The molecule has 0 aliphatic carbocycles. The lowest BCUT2D eigenvalue weighted by Gasteiger charge is -2.15. The molecule has 17 heavy (non-hydrogen) atoms. The van der Waals surface area contributed by atoms with Crippen LogP contribution in [0.5, 0.6) is 0 Å². The summed E-state index contributed by atoms with van der Waals surface area (Å²) < 4.78 is 1.76. The SMILES string of the molecule is Cc1cc(C(=O)N2C[C@H]3CNC[C@H]3C2)nn1C. The fourth-order valence-corrected chi connectivity index (χ4v) is 2.85. The van der Waals surface area contributed by atoms with E-state index in [2.05, 4.69) is 10.4 Å². The molecule has 3 heterocycles. The van der Waals surface area contributed by atoms with Crippen molar-refractivity contribution < 1.29 is 4.79 Å². The zero-order valence-corrected chi connectivity index (χ0v) is 10.3. The van der Waals surface area contributed by atoms with Crippen molar-refractivity contribution in [2.75, 3.05) is 26.2 Å². The van der Waals surface area contributed by atoms with Gasteiger partial charge >= 0.3 is 0 Å². The van der Waals surface area contributed by atoms with Gasteiger partial charge in [0.25, 0.3) is 5.91 Å². The van der Waals surface area contributed by atoms with Crippen LogP contribution in [-0.4, -0.2) is 46.8 Å². The number of likely N-dealkylation sites (tertiary alicyclic amines) is 1. The van der Waals surface area contributed by atoms with E-state index in [9.17, 15) is 4.79 Å². The predicted molar refractivity (Wildman–Crippen MR) is 63.7 cm³/mol. The summed E-state index contributed by atoms with van der Waals surface area (Å²) in [6.45, 7) is 5.83. The van der Waals surface area contributed by atoms with Crippen molar-refractivity contribution in [1.29, 1.82) is 0 Å². The van der Waals surface area contributed by atoms with E-state index >= 15 is 0 Å². The molecular weight excluding hydrogens is 216 g/mol. The standard InChI is InChI=1S/C12H18N4O/c1-8-3-11(14-15(8)2)12(17)16-6-9-4-13-5-10(9)7-16/h3,9-10,13H,4-7H2,1-2H3/t9-,10+. The molecule has 2 aliphatic heterocycles. The highest BCUT2D eigenvalue weighted by molar-refractivity contribution is 5.92. The second-order valence-electron chi connectivity index (χ2n) is 5.18. The molecule has 0 spiro atoms. The highest BCUT2D eigenvalue weighted by atomic mass is 16.2. The lowest BCUT2D eigenvalue weighted by atomic mass is 10.0. The molecule has 5 heteroatoms. The van der Waals surface area contributed by atoms with E-state index in [1.54, 1.807) is 4.68 Å². The monoisotopic (exact) mass is 234 g/mol. The van der Waals surface area contributed by atoms with Gasteiger partial charge < -0.3 is 10.2 Å². The molecule has 2 saturated heterocycles. The molecule has 0 saturated carbocycles. The third-order valence-corrected chi connectivity index (χ3v) is 4.01. The summed E-state index contributed by atoms with van der Waals surface area (Å²) in [4.78, 5) is 14.2. The molecule has 0 aromatic carbocycles. The minimum atomic E-state index is 0.0862. The first-order valence-electron chi connectivity index (χ1n) is 6.16. The largest absolute Gasteiger partial charge is 0.337 e. The van der Waals surface area contributed by atoms with Crippen molar-refractivity contribution >= 4 is 5.91 Å². The second kappa shape index (κ2) is 3.84. The summed E-state index contributed by atoms with van der Waals surface area (Å²) in [5, 5.41) is 7.64. The van der Waals surface area contributed by atoms with Crippen LogP contribution < -0.4 is 5.32 Å². The van der Waals surface area contributed by atoms with Crippen LogP contribution in [0.15, 0.2) is 6.07 Å². The fourth-order valence-electron chi connectivity index (χ4n) is 2.85. The Balaban J connectivity index is 1.75. The van der Waals surface area contributed by atoms with Crippen molar-refractivity contribution in [3.8, 4) is 0 Å². The average Bonchev–Trinajstić information content (AvgIpc) is 2.92. The number of nitrogens with one attached hydrogen (secondary N) is 1. The van der Waals surface area contributed by atoms with Crippen molar-refractivity contribution in [2.45, 2.75) is 6.92 Å². The van der Waals surface area contributed by atoms with Gasteiger partial charge in [0, 0.05) is 38.9 Å². The molecule has 0 bridgehead atoms. The van der Waals surface area contributed by atoms with Crippen LogP contribution >= 0.6 is 0 Å². The molecule has 1 aromatic rings. The van der Waals surface area contributed by atoms with Gasteiger partial charge in [-0.05, 0) is 24.8 Å². The summed E-state index contributed by atoms with van der Waals surface area (Å²) in [5.74, 6) is 1.37. The van der Waals surface area contributed by atoms with Crippen molar-refractivity contribution in [1.82, 2.24) is 20.0 Å². The minimum absolute atomic E-state index is 0.0862. The summed E-state index contributed by atoms with van der Waals surface area (Å²) in [5.41, 5.74) is 1.60. The van der Waals surface area contributed by atoms with Gasteiger partial charge in [0.15, 0.2) is 5.69 Å². The minimum Gasteiger partial charge on any atom is -0.337 e. The quantitative estimate of drug-likeness (QED) is 0.745. The van der Waals surface area contributed by atoms with Crippen LogP contribution in [0.2, 0.25) is 0 Å². The number of fused-ring (bicyclic) bond motifs is 1. The van der Waals surface area contributed by atoms with Gasteiger partial charge in [0.05, 0.1) is 0 Å². The molecule has 92 valence electrons. The van der Waals surface area contributed by atoms with E-state index in [0.29, 0.717) is 17.5 Å². The lowest BCUT2D eigenvalue weighted by molar-refractivity contribution is 0.0775. The Labute approximate surface area is 101 Å². The highest BCUT2D eigenvalue weighted by Crippen LogP contribution is 2.27. The number of aryl methyl sites for hydroxylation is 2. The molecule has 0 radical (unpaired) electrons. The average molecular weight is 234 g/mol. The van der Waals surface area contributed by atoms with Gasteiger partial charge in [-0.1, -0.05) is 0 Å². The van der Waals surface area contributed by atoms with Crippen molar-refractivity contribution in [3.63, 3.8) is 0 Å². The Morgan fingerprint density at radius 2 is 2.06 bits per heavy atom. The number of hydrogen-bond acceptors (Lipinski definition) is 3. The maximum atomic E-state index is 12.3. The van der Waals surface area contributed by atoms with Gasteiger partial charge in [0.2, 0.25) is 0 Å². The van der Waals surface area contributed by atoms with Gasteiger partial charge in [0.1, 0.15) is 0 Å². The number of hydrogen-bond donors (Lipinski definition) is 1. The number of rotatable bonds is 1. The third kappa shape index (κ3) is 1.74. The van der Waals surface area contributed by atoms with Crippen LogP contribution in [-0.2, 0) is 7.05 Å². The Morgan fingerprint density at radius 3 is 2.59 bits per heavy atom. The molecule has 1 amide bonds. The van der Waals surface area contributed by atoms with Gasteiger partial charge in [-0.3, -0.25) is 9.48 Å². The Kier molecular flexibility index (Phi) is 2.43. The molecule has 1 N–H and O–H groups in total. The number of nitrogens with zero attached hydrogens (tertiary/aromatic N) is 3. The van der Waals surface area contributed by atoms with Crippen molar-refractivity contribution in [2.24, 2.45) is 18.9 Å². The van der Waals surface area contributed by atoms with Gasteiger partial charge in [-0.2, -0.15) is 5.10 Å². The summed E-state index contributed by atoms with van der Waals surface area (Å²) >= 11 is 0. The maximum Gasteiger partial charge on any atom is 0.274 e. The number of aromatic nitrogens is 2. The topological polar surface area (TPSA) is 50.2 Å². The molecule has 1 aromatic heterocycles. The molecular formula is C12H18N4O. The third-order valence-electron chi connectivity index (χ3n) is 4.01. The maximum absolute atomic E-state index is 12.3. The predicted octanol–water partition coefficient (Wildman–Crippen LogP) is 0.0199. The first-order chi connectivity index (χ1) is 8.15. The zero-order chi connectivity index (χ0) is 12.0. The van der Waals surface area contributed by atoms with Crippen LogP contribution in [0.1, 0.15) is 16.2 Å². The molecule has 3 rings (SSSR count). The first kappa shape index (κ1) is 10.8. The van der Waals surface area contributed by atoms with Crippen LogP contribution in [0.3, 0.4) is 0 Å². The number of carbonyl (C=O) groups is 1. The summed E-state index contributed by atoms with van der Waals surface area (Å²) in [6.07, 6.45) is 0. The van der Waals surface area contributed by atoms with E-state index in [1.165, 1.54) is 0 Å².